The van der Waals surface area contributed by atoms with Crippen LogP contribution in [0.25, 0.3) is 11.3 Å². The number of amides is 1. The number of methoxy groups -OCH3 is 1. The van der Waals surface area contributed by atoms with E-state index in [2.05, 4.69) is 24.2 Å². The number of halogens is 5. The smallest absolute Gasteiger partial charge is 0.248 e. The first kappa shape index (κ1) is 35.0. The van der Waals surface area contributed by atoms with Crippen molar-refractivity contribution in [2.45, 2.75) is 98.9 Å². The van der Waals surface area contributed by atoms with Gasteiger partial charge in [-0.3, -0.25) is 4.79 Å². The van der Waals surface area contributed by atoms with Crippen molar-refractivity contribution < 1.29 is 51.5 Å². The Morgan fingerprint density at radius 3 is 2.28 bits per heavy atom. The molecule has 1 saturated carbocycles. The molecule has 3 aliphatic rings. The van der Waals surface area contributed by atoms with E-state index in [0.29, 0.717) is 25.9 Å². The molecule has 46 heavy (non-hydrogen) atoms. The lowest BCUT2D eigenvalue weighted by atomic mass is 9.79. The highest BCUT2D eigenvalue weighted by Gasteiger charge is 2.54. The first-order chi connectivity index (χ1) is 21.6. The van der Waals surface area contributed by atoms with Crippen LogP contribution in [0.2, 0.25) is 0 Å². The molecule has 0 bridgehead atoms. The van der Waals surface area contributed by atoms with Gasteiger partial charge in [0.2, 0.25) is 11.8 Å². The molecule has 2 aromatic rings. The Labute approximate surface area is 267 Å². The monoisotopic (exact) mass is 678 g/mol. The molecule has 0 radical (unpaired) electrons. The molecule has 1 aromatic heterocycles. The second-order valence-corrected chi connectivity index (χ2v) is 14.4. The summed E-state index contributed by atoms with van der Waals surface area (Å²) in [5, 5.41) is 39.8. The van der Waals surface area contributed by atoms with Gasteiger partial charge in [-0.2, -0.15) is 0 Å². The summed E-state index contributed by atoms with van der Waals surface area (Å²) >= 11 is 0.876. The number of ether oxygens (including phenoxy) is 2. The van der Waals surface area contributed by atoms with E-state index < -0.39 is 89.4 Å². The summed E-state index contributed by atoms with van der Waals surface area (Å²) in [5.41, 5.74) is -3.12. The van der Waals surface area contributed by atoms with E-state index in [1.165, 1.54) is 13.3 Å². The number of aliphatic hydroxyl groups excluding tert-OH is 2. The van der Waals surface area contributed by atoms with Crippen LogP contribution in [0.4, 0.5) is 22.0 Å². The molecule has 3 fully saturated rings. The normalized spacial score (nSPS) is 29.8. The predicted octanol–water partition coefficient (Wildman–Crippen LogP) is 3.69. The maximum absolute atomic E-state index is 14.2. The lowest BCUT2D eigenvalue weighted by Gasteiger charge is -2.48. The molecule has 1 amide bonds. The minimum atomic E-state index is -2.98. The maximum atomic E-state index is 14.2. The van der Waals surface area contributed by atoms with E-state index in [4.69, 9.17) is 9.47 Å². The number of aliphatic hydroxyl groups is 3. The van der Waals surface area contributed by atoms with Crippen molar-refractivity contribution in [1.82, 2.24) is 19.9 Å². The fourth-order valence-corrected chi connectivity index (χ4v) is 8.00. The molecule has 16 heteroatoms. The van der Waals surface area contributed by atoms with Crippen molar-refractivity contribution in [2.75, 3.05) is 26.8 Å². The highest BCUT2D eigenvalue weighted by Crippen LogP contribution is 2.47. The summed E-state index contributed by atoms with van der Waals surface area (Å²) in [6.45, 7) is 4.35. The second-order valence-electron chi connectivity index (χ2n) is 13.2. The van der Waals surface area contributed by atoms with Gasteiger partial charge in [0.15, 0.2) is 17.5 Å². The molecule has 1 aromatic carbocycles. The number of nitrogens with zero attached hydrogens (tertiary/aromatic N) is 4. The molecule has 1 aliphatic carbocycles. The quantitative estimate of drug-likeness (QED) is 0.283. The number of carbonyl (C=O) groups is 1. The Hall–Kier alpha value is -2.37. The van der Waals surface area contributed by atoms with Gasteiger partial charge in [0.1, 0.15) is 40.7 Å². The number of piperidine rings is 1. The van der Waals surface area contributed by atoms with Gasteiger partial charge in [-0.25, -0.2) is 26.6 Å². The maximum Gasteiger partial charge on any atom is 0.248 e. The van der Waals surface area contributed by atoms with Crippen molar-refractivity contribution in [3.8, 4) is 11.3 Å². The number of likely N-dealkylation sites (tertiary alicyclic amines) is 1. The van der Waals surface area contributed by atoms with Crippen molar-refractivity contribution in [2.24, 2.45) is 5.41 Å². The van der Waals surface area contributed by atoms with Gasteiger partial charge in [0.05, 0.1) is 18.4 Å². The Kier molecular flexibility index (Phi) is 10.1. The zero-order chi connectivity index (χ0) is 33.6. The van der Waals surface area contributed by atoms with Crippen LogP contribution in [0.15, 0.2) is 18.3 Å². The molecule has 2 saturated heterocycles. The van der Waals surface area contributed by atoms with Crippen LogP contribution in [-0.2, 0) is 14.3 Å². The number of hydrogen-bond donors (Lipinski definition) is 3. The number of carbonyl (C=O) groups excluding carboxylic acids is 1. The second kappa shape index (κ2) is 13.3. The van der Waals surface area contributed by atoms with E-state index in [1.54, 1.807) is 4.90 Å². The van der Waals surface area contributed by atoms with Gasteiger partial charge in [0.25, 0.3) is 0 Å². The number of thioether (sulfide) groups is 1. The van der Waals surface area contributed by atoms with Crippen molar-refractivity contribution in [3.05, 3.63) is 35.8 Å². The lowest BCUT2D eigenvalue weighted by molar-refractivity contribution is -0.186. The molecule has 2 aliphatic heterocycles. The van der Waals surface area contributed by atoms with Gasteiger partial charge < -0.3 is 29.7 Å². The fraction of sp³-hybridized carbons (Fsp3) is 0.700. The summed E-state index contributed by atoms with van der Waals surface area (Å²) in [4.78, 5) is 15.7. The Bertz CT molecular complexity index is 1370. The van der Waals surface area contributed by atoms with Crippen molar-refractivity contribution in [3.63, 3.8) is 0 Å². The highest BCUT2D eigenvalue weighted by atomic mass is 32.2. The number of benzene rings is 1. The first-order valence-electron chi connectivity index (χ1n) is 15.2. The lowest BCUT2D eigenvalue weighted by Crippen LogP contribution is -2.59. The van der Waals surface area contributed by atoms with Gasteiger partial charge in [-0.15, -0.1) is 16.9 Å². The number of aromatic nitrogens is 3. The molecule has 10 nitrogen and oxygen atoms in total. The third-order valence-electron chi connectivity index (χ3n) is 9.45. The molecule has 256 valence electrons. The molecular formula is C30H39F5N4O6S. The van der Waals surface area contributed by atoms with Crippen LogP contribution in [0.1, 0.15) is 58.4 Å². The predicted molar refractivity (Wildman–Crippen MR) is 156 cm³/mol. The Morgan fingerprint density at radius 2 is 1.72 bits per heavy atom. The van der Waals surface area contributed by atoms with E-state index in [1.807, 2.05) is 0 Å². The highest BCUT2D eigenvalue weighted by molar-refractivity contribution is 8.01. The molecule has 5 rings (SSSR count). The van der Waals surface area contributed by atoms with Gasteiger partial charge in [-0.05, 0) is 43.2 Å². The average molecular weight is 679 g/mol. The topological polar surface area (TPSA) is 130 Å². The molecule has 3 heterocycles. The average Bonchev–Trinajstić information content (AvgIpc) is 3.50. The van der Waals surface area contributed by atoms with Crippen molar-refractivity contribution in [1.29, 1.82) is 0 Å². The molecule has 3 N–H and O–H groups in total. The fourth-order valence-electron chi connectivity index (χ4n) is 6.34. The molecule has 6 atom stereocenters. The van der Waals surface area contributed by atoms with Crippen LogP contribution in [0.5, 0.6) is 0 Å². The summed E-state index contributed by atoms with van der Waals surface area (Å²) in [6, 6.07) is 0.340. The van der Waals surface area contributed by atoms with Crippen LogP contribution in [0, 0.1) is 22.9 Å². The third kappa shape index (κ3) is 7.06. The molecule has 1 unspecified atom stereocenters. The number of alkyl halides is 2. The Morgan fingerprint density at radius 1 is 1.11 bits per heavy atom. The summed E-state index contributed by atoms with van der Waals surface area (Å²) in [5.74, 6) is -7.93. The zero-order valence-electron chi connectivity index (χ0n) is 25.7. The number of rotatable bonds is 8. The Balaban J connectivity index is 1.47. The number of hydrogen-bond acceptors (Lipinski definition) is 9. The SMILES string of the molecule is CO[C@@H]1[C@@H](n2cc(-c3cc(F)c(F)c(F)c3)nn2)[C@@H](O)[C@@H](CO)O[C@H]1SC(C(=O)N1CCC(C)(C)CC1)C1(O)CCC(F)(F)CC1. The molecule has 0 spiro atoms. The van der Waals surface area contributed by atoms with Crippen molar-refractivity contribution >= 4 is 17.7 Å². The van der Waals surface area contributed by atoms with E-state index in [0.717, 1.165) is 28.6 Å². The minimum Gasteiger partial charge on any atom is -0.394 e. The third-order valence-corrected chi connectivity index (χ3v) is 11.0. The summed E-state index contributed by atoms with van der Waals surface area (Å²) < 4.78 is 82.7. The minimum absolute atomic E-state index is 0.0106. The zero-order valence-corrected chi connectivity index (χ0v) is 26.5. The first-order valence-corrected chi connectivity index (χ1v) is 16.1. The summed E-state index contributed by atoms with van der Waals surface area (Å²) in [6.07, 6.45) is -3.00. The van der Waals surface area contributed by atoms with E-state index in [-0.39, 0.29) is 29.5 Å². The van der Waals surface area contributed by atoms with Gasteiger partial charge >= 0.3 is 0 Å². The molecular weight excluding hydrogens is 639 g/mol. The van der Waals surface area contributed by atoms with Crippen LogP contribution < -0.4 is 0 Å². The van der Waals surface area contributed by atoms with Crippen LogP contribution in [-0.4, -0.2) is 108 Å². The van der Waals surface area contributed by atoms with Crippen LogP contribution in [0.3, 0.4) is 0 Å². The van der Waals surface area contributed by atoms with Gasteiger partial charge in [0, 0.05) is 38.6 Å². The van der Waals surface area contributed by atoms with E-state index >= 15 is 0 Å². The standard InChI is InChI=1S/C30H39F5N4O6S/c1-28(2)8-10-38(11-9-28)26(42)25(29(43)4-6-30(34,35)7-5-29)46-27-24(44-3)22(23(41)20(15-40)45-27)39-14-19(36-37-39)16-12-17(31)21(33)18(32)13-16/h12-14,20,22-25,27,40-41,43H,4-11,15H2,1-3H3/t20-,22+,23+,24-,25?,27+/m1/s1. The van der Waals surface area contributed by atoms with Crippen LogP contribution >= 0.6 is 11.8 Å². The summed E-state index contributed by atoms with van der Waals surface area (Å²) in [7, 11) is 1.31. The van der Waals surface area contributed by atoms with E-state index in [9.17, 15) is 42.1 Å². The van der Waals surface area contributed by atoms with Gasteiger partial charge in [-0.1, -0.05) is 19.1 Å². The largest absolute Gasteiger partial charge is 0.394 e.